The highest BCUT2D eigenvalue weighted by atomic mass is 32.2. The van der Waals surface area contributed by atoms with Gasteiger partial charge in [-0.1, -0.05) is 17.7 Å². The number of aromatic nitrogens is 2. The normalized spacial score (nSPS) is 17.5. The Morgan fingerprint density at radius 3 is 2.56 bits per heavy atom. The maximum absolute atomic E-state index is 12.9. The van der Waals surface area contributed by atoms with Gasteiger partial charge in [-0.3, -0.25) is 4.72 Å². The molecule has 1 aliphatic rings. The number of aryl methyl sites for hydroxylation is 3. The Labute approximate surface area is 159 Å². The Bertz CT molecular complexity index is 1090. The van der Waals surface area contributed by atoms with Crippen molar-refractivity contribution in [3.63, 3.8) is 0 Å². The molecule has 1 saturated heterocycles. The summed E-state index contributed by atoms with van der Waals surface area (Å²) < 4.78 is 34.3. The maximum atomic E-state index is 12.9. The molecule has 0 unspecified atom stereocenters. The maximum Gasteiger partial charge on any atom is 0.262 e. The molecule has 1 atom stereocenters. The molecule has 0 spiro atoms. The van der Waals surface area contributed by atoms with Crippen LogP contribution >= 0.6 is 0 Å². The van der Waals surface area contributed by atoms with Crippen molar-refractivity contribution in [1.29, 1.82) is 0 Å². The SMILES string of the molecule is Cc1cc(C)c(S(=O)(=O)Nc2ccc3nc([C@H]4CCCO4)[nH]c3c2)c(C)c1. The third-order valence-corrected chi connectivity index (χ3v) is 6.55. The molecule has 0 bridgehead atoms. The minimum absolute atomic E-state index is 0.00426. The van der Waals surface area contributed by atoms with Crippen LogP contribution in [0.4, 0.5) is 5.69 Å². The number of nitrogens with one attached hydrogen (secondary N) is 2. The minimum atomic E-state index is -3.68. The second-order valence-electron chi connectivity index (χ2n) is 7.19. The summed E-state index contributed by atoms with van der Waals surface area (Å²) in [5.74, 6) is 0.799. The summed E-state index contributed by atoms with van der Waals surface area (Å²) in [7, 11) is -3.68. The highest BCUT2D eigenvalue weighted by molar-refractivity contribution is 7.92. The van der Waals surface area contributed by atoms with Gasteiger partial charge in [-0.2, -0.15) is 0 Å². The zero-order valence-corrected chi connectivity index (χ0v) is 16.5. The van der Waals surface area contributed by atoms with E-state index < -0.39 is 10.0 Å². The number of ether oxygens (including phenoxy) is 1. The lowest BCUT2D eigenvalue weighted by molar-refractivity contribution is 0.106. The van der Waals surface area contributed by atoms with E-state index in [4.69, 9.17) is 4.74 Å². The summed E-state index contributed by atoms with van der Waals surface area (Å²) in [6.07, 6.45) is 1.98. The van der Waals surface area contributed by atoms with E-state index in [1.54, 1.807) is 12.1 Å². The first kappa shape index (κ1) is 18.0. The van der Waals surface area contributed by atoms with Crippen LogP contribution in [0.3, 0.4) is 0 Å². The number of rotatable bonds is 4. The summed E-state index contributed by atoms with van der Waals surface area (Å²) in [5, 5.41) is 0. The zero-order chi connectivity index (χ0) is 19.2. The summed E-state index contributed by atoms with van der Waals surface area (Å²) in [4.78, 5) is 8.16. The number of H-pyrrole nitrogens is 1. The van der Waals surface area contributed by atoms with Crippen LogP contribution in [0.2, 0.25) is 0 Å². The second-order valence-corrected chi connectivity index (χ2v) is 8.81. The molecule has 2 N–H and O–H groups in total. The minimum Gasteiger partial charge on any atom is -0.370 e. The average Bonchev–Trinajstić information content (AvgIpc) is 3.21. The van der Waals surface area contributed by atoms with Gasteiger partial charge in [0, 0.05) is 6.61 Å². The van der Waals surface area contributed by atoms with E-state index in [0.717, 1.165) is 53.0 Å². The van der Waals surface area contributed by atoms with Crippen molar-refractivity contribution in [3.05, 3.63) is 52.8 Å². The van der Waals surface area contributed by atoms with Crippen molar-refractivity contribution in [3.8, 4) is 0 Å². The van der Waals surface area contributed by atoms with E-state index in [1.807, 2.05) is 39.0 Å². The number of sulfonamides is 1. The number of hydrogen-bond acceptors (Lipinski definition) is 4. The van der Waals surface area contributed by atoms with Gasteiger partial charge < -0.3 is 9.72 Å². The predicted octanol–water partition coefficient (Wildman–Crippen LogP) is 4.14. The predicted molar refractivity (Wildman–Crippen MR) is 105 cm³/mol. The molecular formula is C20H23N3O3S. The molecule has 4 rings (SSSR count). The molecule has 3 aromatic rings. The molecule has 0 radical (unpaired) electrons. The Morgan fingerprint density at radius 2 is 1.89 bits per heavy atom. The molecule has 7 heteroatoms. The summed E-state index contributed by atoms with van der Waals surface area (Å²) >= 11 is 0. The Kier molecular flexibility index (Phi) is 4.44. The number of nitrogens with zero attached hydrogens (tertiary/aromatic N) is 1. The van der Waals surface area contributed by atoms with E-state index in [2.05, 4.69) is 14.7 Å². The van der Waals surface area contributed by atoms with Crippen LogP contribution in [0.5, 0.6) is 0 Å². The van der Waals surface area contributed by atoms with Crippen LogP contribution in [-0.4, -0.2) is 25.0 Å². The zero-order valence-electron chi connectivity index (χ0n) is 15.7. The number of anilines is 1. The summed E-state index contributed by atoms with van der Waals surface area (Å²) in [6, 6.07) is 9.09. The van der Waals surface area contributed by atoms with Gasteiger partial charge >= 0.3 is 0 Å². The topological polar surface area (TPSA) is 84.1 Å². The van der Waals surface area contributed by atoms with Crippen LogP contribution in [-0.2, 0) is 14.8 Å². The van der Waals surface area contributed by atoms with Gasteiger partial charge in [0.15, 0.2) is 0 Å². The van der Waals surface area contributed by atoms with Crippen molar-refractivity contribution in [1.82, 2.24) is 9.97 Å². The number of hydrogen-bond donors (Lipinski definition) is 2. The second kappa shape index (κ2) is 6.65. The van der Waals surface area contributed by atoms with Gasteiger partial charge in [0.25, 0.3) is 10.0 Å². The van der Waals surface area contributed by atoms with Crippen molar-refractivity contribution in [2.75, 3.05) is 11.3 Å². The molecule has 0 amide bonds. The fraction of sp³-hybridized carbons (Fsp3) is 0.350. The third kappa shape index (κ3) is 3.44. The first-order valence-corrected chi connectivity index (χ1v) is 10.5. The number of imidazole rings is 1. The number of benzene rings is 2. The van der Waals surface area contributed by atoms with Crippen LogP contribution in [0.1, 0.15) is 41.5 Å². The fourth-order valence-electron chi connectivity index (χ4n) is 3.84. The molecule has 27 heavy (non-hydrogen) atoms. The Balaban J connectivity index is 1.66. The van der Waals surface area contributed by atoms with Gasteiger partial charge in [0.05, 0.1) is 21.6 Å². The largest absolute Gasteiger partial charge is 0.370 e. The highest BCUT2D eigenvalue weighted by Gasteiger charge is 2.22. The van der Waals surface area contributed by atoms with Crippen molar-refractivity contribution in [2.45, 2.75) is 44.6 Å². The smallest absolute Gasteiger partial charge is 0.262 e. The fourth-order valence-corrected chi connectivity index (χ4v) is 5.34. The first-order chi connectivity index (χ1) is 12.8. The molecule has 2 heterocycles. The third-order valence-electron chi connectivity index (χ3n) is 4.86. The molecule has 1 fully saturated rings. The lowest BCUT2D eigenvalue weighted by atomic mass is 10.1. The Morgan fingerprint density at radius 1 is 1.15 bits per heavy atom. The van der Waals surface area contributed by atoms with Crippen LogP contribution in [0.15, 0.2) is 35.2 Å². The summed E-state index contributed by atoms with van der Waals surface area (Å²) in [6.45, 7) is 6.35. The van der Waals surface area contributed by atoms with Gasteiger partial charge in [0.2, 0.25) is 0 Å². The van der Waals surface area contributed by atoms with E-state index >= 15 is 0 Å². The summed E-state index contributed by atoms with van der Waals surface area (Å²) in [5.41, 5.74) is 4.62. The molecule has 6 nitrogen and oxygen atoms in total. The van der Waals surface area contributed by atoms with Gasteiger partial charge in [-0.05, 0) is 62.9 Å². The lowest BCUT2D eigenvalue weighted by Gasteiger charge is -2.14. The molecule has 1 aliphatic heterocycles. The number of fused-ring (bicyclic) bond motifs is 1. The average molecular weight is 385 g/mol. The van der Waals surface area contributed by atoms with E-state index in [-0.39, 0.29) is 6.10 Å². The van der Waals surface area contributed by atoms with Crippen molar-refractivity contribution >= 4 is 26.7 Å². The molecule has 2 aromatic carbocycles. The molecule has 0 aliphatic carbocycles. The van der Waals surface area contributed by atoms with E-state index in [9.17, 15) is 8.42 Å². The Hall–Kier alpha value is -2.38. The van der Waals surface area contributed by atoms with Crippen molar-refractivity contribution in [2.24, 2.45) is 0 Å². The molecule has 1 aromatic heterocycles. The van der Waals surface area contributed by atoms with Gasteiger partial charge in [-0.25, -0.2) is 13.4 Å². The highest BCUT2D eigenvalue weighted by Crippen LogP contribution is 2.30. The monoisotopic (exact) mass is 385 g/mol. The van der Waals surface area contributed by atoms with Gasteiger partial charge in [-0.15, -0.1) is 0 Å². The van der Waals surface area contributed by atoms with E-state index in [1.165, 1.54) is 0 Å². The number of aromatic amines is 1. The van der Waals surface area contributed by atoms with E-state index in [0.29, 0.717) is 10.6 Å². The van der Waals surface area contributed by atoms with Crippen LogP contribution in [0.25, 0.3) is 11.0 Å². The molecular weight excluding hydrogens is 362 g/mol. The quantitative estimate of drug-likeness (QED) is 0.707. The van der Waals surface area contributed by atoms with Crippen LogP contribution < -0.4 is 4.72 Å². The first-order valence-electron chi connectivity index (χ1n) is 9.05. The molecule has 142 valence electrons. The van der Waals surface area contributed by atoms with Gasteiger partial charge in [0.1, 0.15) is 11.9 Å². The van der Waals surface area contributed by atoms with Crippen LogP contribution in [0, 0.1) is 20.8 Å². The molecule has 0 saturated carbocycles. The van der Waals surface area contributed by atoms with Crippen molar-refractivity contribution < 1.29 is 13.2 Å². The lowest BCUT2D eigenvalue weighted by Crippen LogP contribution is -2.15. The standard InChI is InChI=1S/C20H23N3O3S/c1-12-9-13(2)19(14(3)10-12)27(24,25)23-15-6-7-16-17(11-15)22-20(21-16)18-5-4-8-26-18/h6-7,9-11,18,23H,4-5,8H2,1-3H3,(H,21,22)/t18-/m1/s1.